The van der Waals surface area contributed by atoms with Crippen molar-refractivity contribution in [2.75, 3.05) is 11.1 Å². The molecule has 31 heavy (non-hydrogen) atoms. The summed E-state index contributed by atoms with van der Waals surface area (Å²) >= 11 is 8.74. The fraction of sp³-hybridized carbons (Fsp3) is 0.182. The molecule has 6 nitrogen and oxygen atoms in total. The van der Waals surface area contributed by atoms with Gasteiger partial charge in [0.2, 0.25) is 5.91 Å². The van der Waals surface area contributed by atoms with Crippen LogP contribution >= 0.6 is 34.7 Å². The molecule has 0 atom stereocenters. The minimum atomic E-state index is -0.131. The minimum absolute atomic E-state index is 0.131. The SMILES string of the molecule is CCn1c(SCC(=O)Nc2nc(-c3ccc(C)cc3)cs2)nnc1-c1ccc(Cl)cc1. The van der Waals surface area contributed by atoms with Crippen molar-refractivity contribution in [3.05, 3.63) is 64.5 Å². The molecule has 9 heteroatoms. The van der Waals surface area contributed by atoms with Crippen LogP contribution in [-0.2, 0) is 11.3 Å². The highest BCUT2D eigenvalue weighted by atomic mass is 35.5. The number of amides is 1. The van der Waals surface area contributed by atoms with Crippen LogP contribution < -0.4 is 5.32 Å². The zero-order chi connectivity index (χ0) is 21.8. The van der Waals surface area contributed by atoms with Crippen LogP contribution in [0.25, 0.3) is 22.6 Å². The van der Waals surface area contributed by atoms with E-state index < -0.39 is 0 Å². The molecule has 1 N–H and O–H groups in total. The van der Waals surface area contributed by atoms with E-state index in [0.717, 1.165) is 22.6 Å². The molecule has 4 rings (SSSR count). The number of nitrogens with zero attached hydrogens (tertiary/aromatic N) is 4. The van der Waals surface area contributed by atoms with E-state index in [-0.39, 0.29) is 11.7 Å². The predicted molar refractivity (Wildman–Crippen MR) is 128 cm³/mol. The molecule has 0 bridgehead atoms. The van der Waals surface area contributed by atoms with E-state index in [1.807, 2.05) is 72.3 Å². The van der Waals surface area contributed by atoms with Gasteiger partial charge in [-0.2, -0.15) is 0 Å². The number of thioether (sulfide) groups is 1. The van der Waals surface area contributed by atoms with Crippen molar-refractivity contribution in [1.82, 2.24) is 19.7 Å². The number of aromatic nitrogens is 4. The van der Waals surface area contributed by atoms with Gasteiger partial charge in [-0.3, -0.25) is 4.79 Å². The van der Waals surface area contributed by atoms with Gasteiger partial charge < -0.3 is 9.88 Å². The zero-order valence-corrected chi connectivity index (χ0v) is 19.4. The predicted octanol–water partition coefficient (Wildman–Crippen LogP) is 5.78. The second-order valence-corrected chi connectivity index (χ2v) is 9.04. The Morgan fingerprint density at radius 2 is 1.81 bits per heavy atom. The maximum Gasteiger partial charge on any atom is 0.236 e. The Morgan fingerprint density at radius 3 is 2.52 bits per heavy atom. The quantitative estimate of drug-likeness (QED) is 0.347. The Hall–Kier alpha value is -2.68. The lowest BCUT2D eigenvalue weighted by molar-refractivity contribution is -0.113. The van der Waals surface area contributed by atoms with Gasteiger partial charge in [0.15, 0.2) is 16.1 Å². The molecule has 158 valence electrons. The number of aryl methyl sites for hydroxylation is 1. The number of rotatable bonds is 7. The Bertz CT molecular complexity index is 1190. The Labute approximate surface area is 193 Å². The molecule has 0 spiro atoms. The number of benzene rings is 2. The topological polar surface area (TPSA) is 72.7 Å². The van der Waals surface area contributed by atoms with E-state index in [9.17, 15) is 4.79 Å². The first-order chi connectivity index (χ1) is 15.0. The zero-order valence-electron chi connectivity index (χ0n) is 17.0. The van der Waals surface area contributed by atoms with Gasteiger partial charge in [-0.15, -0.1) is 21.5 Å². The molecular formula is C22H20ClN5OS2. The molecule has 0 saturated heterocycles. The molecule has 2 aromatic carbocycles. The number of halogens is 1. The number of carbonyl (C=O) groups is 1. The molecule has 0 aliphatic heterocycles. The molecule has 0 aliphatic carbocycles. The van der Waals surface area contributed by atoms with Crippen LogP contribution in [0.2, 0.25) is 5.02 Å². The van der Waals surface area contributed by atoms with Gasteiger partial charge in [-0.1, -0.05) is 53.2 Å². The summed E-state index contributed by atoms with van der Waals surface area (Å²) in [6.07, 6.45) is 0. The minimum Gasteiger partial charge on any atom is -0.302 e. The Morgan fingerprint density at radius 1 is 1.10 bits per heavy atom. The molecule has 0 fully saturated rings. The first-order valence-electron chi connectivity index (χ1n) is 9.68. The summed E-state index contributed by atoms with van der Waals surface area (Å²) in [6.45, 7) is 4.77. The molecule has 0 saturated carbocycles. The van der Waals surface area contributed by atoms with Gasteiger partial charge in [-0.25, -0.2) is 4.98 Å². The lowest BCUT2D eigenvalue weighted by Gasteiger charge is -2.07. The van der Waals surface area contributed by atoms with Gasteiger partial charge in [0.1, 0.15) is 0 Å². The molecule has 0 unspecified atom stereocenters. The van der Waals surface area contributed by atoms with Crippen molar-refractivity contribution in [2.45, 2.75) is 25.5 Å². The van der Waals surface area contributed by atoms with Gasteiger partial charge in [0.25, 0.3) is 0 Å². The first-order valence-corrected chi connectivity index (χ1v) is 11.9. The van der Waals surface area contributed by atoms with E-state index in [1.54, 1.807) is 0 Å². The number of anilines is 1. The smallest absolute Gasteiger partial charge is 0.236 e. The van der Waals surface area contributed by atoms with Gasteiger partial charge in [0, 0.05) is 28.1 Å². The summed E-state index contributed by atoms with van der Waals surface area (Å²) in [5.74, 6) is 0.844. The molecular weight excluding hydrogens is 450 g/mol. The summed E-state index contributed by atoms with van der Waals surface area (Å²) in [5, 5.41) is 15.3. The largest absolute Gasteiger partial charge is 0.302 e. The molecule has 1 amide bonds. The third-order valence-electron chi connectivity index (χ3n) is 4.57. The van der Waals surface area contributed by atoms with Crippen molar-refractivity contribution >= 4 is 45.7 Å². The summed E-state index contributed by atoms with van der Waals surface area (Å²) in [4.78, 5) is 17.0. The highest BCUT2D eigenvalue weighted by Gasteiger charge is 2.15. The monoisotopic (exact) mass is 469 g/mol. The van der Waals surface area contributed by atoms with E-state index in [4.69, 9.17) is 11.6 Å². The molecule has 2 aromatic heterocycles. The van der Waals surface area contributed by atoms with Crippen LogP contribution in [0.1, 0.15) is 12.5 Å². The molecule has 2 heterocycles. The summed E-state index contributed by atoms with van der Waals surface area (Å²) in [6, 6.07) is 15.6. The fourth-order valence-corrected chi connectivity index (χ4v) is 4.63. The average Bonchev–Trinajstić information content (AvgIpc) is 3.40. The van der Waals surface area contributed by atoms with Crippen LogP contribution in [0.3, 0.4) is 0 Å². The van der Waals surface area contributed by atoms with Crippen molar-refractivity contribution in [3.63, 3.8) is 0 Å². The lowest BCUT2D eigenvalue weighted by atomic mass is 10.1. The maximum absolute atomic E-state index is 12.5. The van der Waals surface area contributed by atoms with Gasteiger partial charge in [0.05, 0.1) is 11.4 Å². The van der Waals surface area contributed by atoms with Crippen LogP contribution in [0.15, 0.2) is 59.1 Å². The summed E-state index contributed by atoms with van der Waals surface area (Å²) < 4.78 is 1.99. The molecule has 4 aromatic rings. The summed E-state index contributed by atoms with van der Waals surface area (Å²) in [5.41, 5.74) is 4.01. The number of hydrogen-bond acceptors (Lipinski definition) is 6. The van der Waals surface area contributed by atoms with Crippen molar-refractivity contribution in [2.24, 2.45) is 0 Å². The third kappa shape index (κ3) is 5.15. The van der Waals surface area contributed by atoms with Crippen molar-refractivity contribution < 1.29 is 4.79 Å². The van der Waals surface area contributed by atoms with Crippen molar-refractivity contribution in [1.29, 1.82) is 0 Å². The fourth-order valence-electron chi connectivity index (χ4n) is 2.97. The Balaban J connectivity index is 1.39. The average molecular weight is 470 g/mol. The number of thiazole rings is 1. The second-order valence-electron chi connectivity index (χ2n) is 6.80. The second kappa shape index (κ2) is 9.64. The van der Waals surface area contributed by atoms with Gasteiger partial charge in [-0.05, 0) is 38.1 Å². The van der Waals surface area contributed by atoms with Crippen LogP contribution in [0, 0.1) is 6.92 Å². The molecule has 0 aliphatic rings. The van der Waals surface area contributed by atoms with Crippen LogP contribution in [0.5, 0.6) is 0 Å². The number of nitrogens with one attached hydrogen (secondary N) is 1. The standard InChI is InChI=1S/C22H20ClN5OS2/c1-3-28-20(16-8-10-17(23)11-9-16)26-27-22(28)31-13-19(29)25-21-24-18(12-30-21)15-6-4-14(2)5-7-15/h4-12H,3,13H2,1-2H3,(H,24,25,29). The number of hydrogen-bond donors (Lipinski definition) is 1. The normalized spacial score (nSPS) is 10.9. The molecule has 0 radical (unpaired) electrons. The maximum atomic E-state index is 12.5. The van der Waals surface area contributed by atoms with Crippen molar-refractivity contribution in [3.8, 4) is 22.6 Å². The number of carbonyl (C=O) groups excluding carboxylic acids is 1. The van der Waals surface area contributed by atoms with Crippen LogP contribution in [0.4, 0.5) is 5.13 Å². The highest BCUT2D eigenvalue weighted by Crippen LogP contribution is 2.27. The third-order valence-corrected chi connectivity index (χ3v) is 6.54. The lowest BCUT2D eigenvalue weighted by Crippen LogP contribution is -2.14. The van der Waals surface area contributed by atoms with E-state index in [1.165, 1.54) is 28.7 Å². The highest BCUT2D eigenvalue weighted by molar-refractivity contribution is 7.99. The van der Waals surface area contributed by atoms with Crippen LogP contribution in [-0.4, -0.2) is 31.4 Å². The Kier molecular flexibility index (Phi) is 6.70. The van der Waals surface area contributed by atoms with E-state index in [2.05, 4.69) is 20.5 Å². The van der Waals surface area contributed by atoms with Gasteiger partial charge >= 0.3 is 0 Å². The van der Waals surface area contributed by atoms with E-state index >= 15 is 0 Å². The van der Waals surface area contributed by atoms with E-state index in [0.29, 0.717) is 21.9 Å². The first kappa shape index (κ1) is 21.5. The summed E-state index contributed by atoms with van der Waals surface area (Å²) in [7, 11) is 0.